The Bertz CT molecular complexity index is 1530. The van der Waals surface area contributed by atoms with Crippen LogP contribution in [0.1, 0.15) is 33.0 Å². The molecule has 8 nitrogen and oxygen atoms in total. The van der Waals surface area contributed by atoms with Crippen molar-refractivity contribution in [1.82, 2.24) is 4.98 Å². The molecule has 3 heterocycles. The Kier molecular flexibility index (Phi) is 4.93. The first kappa shape index (κ1) is 21.4. The lowest BCUT2D eigenvalue weighted by atomic mass is 9.87. The summed E-state index contributed by atoms with van der Waals surface area (Å²) in [6, 6.07) is 7.26. The second kappa shape index (κ2) is 7.84. The number of fused-ring (bicyclic) bond motifs is 3. The predicted molar refractivity (Wildman–Crippen MR) is 116 cm³/mol. The number of aromatic amines is 1. The first-order valence-corrected chi connectivity index (χ1v) is 10.2. The van der Waals surface area contributed by atoms with E-state index in [2.05, 4.69) is 4.98 Å². The van der Waals surface area contributed by atoms with Gasteiger partial charge in [0.05, 0.1) is 23.1 Å². The summed E-state index contributed by atoms with van der Waals surface area (Å²) in [6.45, 7) is -0.385. The molecule has 0 aliphatic carbocycles. The van der Waals surface area contributed by atoms with Crippen LogP contribution in [0.2, 0.25) is 0 Å². The Morgan fingerprint density at radius 2 is 1.88 bits per heavy atom. The number of furan rings is 1. The van der Waals surface area contributed by atoms with E-state index in [0.29, 0.717) is 0 Å². The highest BCUT2D eigenvalue weighted by molar-refractivity contribution is 5.94. The third kappa shape index (κ3) is 3.22. The molecule has 0 amide bonds. The van der Waals surface area contributed by atoms with Crippen LogP contribution in [0.4, 0.5) is 14.5 Å². The topological polar surface area (TPSA) is 124 Å². The van der Waals surface area contributed by atoms with Crippen molar-refractivity contribution in [1.29, 1.82) is 0 Å². The number of aromatic nitrogens is 1. The van der Waals surface area contributed by atoms with Crippen molar-refractivity contribution in [2.24, 2.45) is 0 Å². The van der Waals surface area contributed by atoms with E-state index in [4.69, 9.17) is 4.42 Å². The number of carboxylic acid groups (broad SMARTS) is 2. The molecule has 34 heavy (non-hydrogen) atoms. The Morgan fingerprint density at radius 1 is 1.09 bits per heavy atom. The van der Waals surface area contributed by atoms with Gasteiger partial charge in [-0.3, -0.25) is 4.79 Å². The largest absolute Gasteiger partial charge is 0.480 e. The van der Waals surface area contributed by atoms with E-state index in [9.17, 15) is 33.4 Å². The van der Waals surface area contributed by atoms with Crippen LogP contribution in [0.15, 0.2) is 64.1 Å². The van der Waals surface area contributed by atoms with Crippen molar-refractivity contribution in [2.45, 2.75) is 18.5 Å². The van der Waals surface area contributed by atoms with Crippen LogP contribution in [-0.4, -0.2) is 33.2 Å². The number of anilines is 1. The highest BCUT2D eigenvalue weighted by atomic mass is 19.1. The van der Waals surface area contributed by atoms with Crippen LogP contribution < -0.4 is 10.5 Å². The molecule has 0 radical (unpaired) electrons. The number of hydrogen-bond acceptors (Lipinski definition) is 5. The van der Waals surface area contributed by atoms with Crippen molar-refractivity contribution in [2.75, 3.05) is 4.90 Å². The number of hydrogen-bond donors (Lipinski definition) is 3. The molecule has 2 atom stereocenters. The zero-order chi connectivity index (χ0) is 24.1. The minimum Gasteiger partial charge on any atom is -0.480 e. The normalized spacial score (nSPS) is 17.2. The summed E-state index contributed by atoms with van der Waals surface area (Å²) in [6.07, 6.45) is 2.66. The minimum atomic E-state index is -1.43. The van der Waals surface area contributed by atoms with E-state index < -0.39 is 41.1 Å². The molecule has 3 N–H and O–H groups in total. The lowest BCUT2D eigenvalue weighted by Gasteiger charge is -2.27. The van der Waals surface area contributed by atoms with E-state index in [1.54, 1.807) is 0 Å². The SMILES string of the molecule is O=C(O)c1ccc(F)c(CN2c3cc(F)c4ccoc4c3C(c3ccc[nH]c3=O)C2C(=O)O)c1. The molecular weight excluding hydrogens is 450 g/mol. The third-order valence-electron chi connectivity index (χ3n) is 6.05. The minimum absolute atomic E-state index is 0.0803. The molecule has 10 heteroatoms. The summed E-state index contributed by atoms with van der Waals surface area (Å²) < 4.78 is 35.1. The van der Waals surface area contributed by atoms with Crippen molar-refractivity contribution >= 4 is 28.6 Å². The summed E-state index contributed by atoms with van der Waals surface area (Å²) in [7, 11) is 0. The number of aromatic carboxylic acids is 1. The van der Waals surface area contributed by atoms with Crippen LogP contribution in [0, 0.1) is 11.6 Å². The summed E-state index contributed by atoms with van der Waals surface area (Å²) >= 11 is 0. The van der Waals surface area contributed by atoms with Gasteiger partial charge >= 0.3 is 11.9 Å². The van der Waals surface area contributed by atoms with Gasteiger partial charge in [0.1, 0.15) is 23.3 Å². The average Bonchev–Trinajstić information content (AvgIpc) is 3.39. The molecule has 2 unspecified atom stereocenters. The van der Waals surface area contributed by atoms with Gasteiger partial charge in [-0.15, -0.1) is 0 Å². The number of carboxylic acids is 2. The third-order valence-corrected chi connectivity index (χ3v) is 6.05. The fourth-order valence-corrected chi connectivity index (χ4v) is 4.60. The molecule has 2 aromatic carbocycles. The van der Waals surface area contributed by atoms with Crippen LogP contribution in [0.3, 0.4) is 0 Å². The lowest BCUT2D eigenvalue weighted by molar-refractivity contribution is -0.138. The molecule has 0 saturated carbocycles. The Labute approximate surface area is 189 Å². The Hall–Kier alpha value is -4.47. The maximum Gasteiger partial charge on any atom is 0.335 e. The number of pyridine rings is 1. The zero-order valence-corrected chi connectivity index (χ0v) is 17.3. The van der Waals surface area contributed by atoms with Crippen molar-refractivity contribution in [3.8, 4) is 0 Å². The maximum atomic E-state index is 14.9. The van der Waals surface area contributed by atoms with Gasteiger partial charge < -0.3 is 24.5 Å². The lowest BCUT2D eigenvalue weighted by Crippen LogP contribution is -2.42. The molecule has 5 rings (SSSR count). The van der Waals surface area contributed by atoms with E-state index in [1.165, 1.54) is 35.6 Å². The Morgan fingerprint density at radius 3 is 2.59 bits per heavy atom. The van der Waals surface area contributed by atoms with Crippen molar-refractivity contribution < 1.29 is 33.0 Å². The van der Waals surface area contributed by atoms with E-state index in [0.717, 1.165) is 24.3 Å². The summed E-state index contributed by atoms with van der Waals surface area (Å²) in [5, 5.41) is 19.6. The van der Waals surface area contributed by atoms with Gasteiger partial charge in [0.15, 0.2) is 0 Å². The van der Waals surface area contributed by atoms with Gasteiger partial charge in [0.2, 0.25) is 0 Å². The second-order valence-corrected chi connectivity index (χ2v) is 7.91. The average molecular weight is 466 g/mol. The molecule has 172 valence electrons. The smallest absolute Gasteiger partial charge is 0.335 e. The van der Waals surface area contributed by atoms with Gasteiger partial charge in [0.25, 0.3) is 5.56 Å². The molecule has 0 spiro atoms. The molecule has 2 aromatic heterocycles. The second-order valence-electron chi connectivity index (χ2n) is 7.91. The van der Waals surface area contributed by atoms with Crippen LogP contribution in [0.5, 0.6) is 0 Å². The van der Waals surface area contributed by atoms with Gasteiger partial charge in [-0.1, -0.05) is 6.07 Å². The van der Waals surface area contributed by atoms with Crippen LogP contribution in [-0.2, 0) is 11.3 Å². The van der Waals surface area contributed by atoms with E-state index in [-0.39, 0.29) is 45.5 Å². The zero-order valence-electron chi connectivity index (χ0n) is 17.3. The number of benzene rings is 2. The summed E-state index contributed by atoms with van der Waals surface area (Å²) in [4.78, 5) is 40.3. The predicted octanol–water partition coefficient (Wildman–Crippen LogP) is 3.70. The number of halogens is 2. The first-order chi connectivity index (χ1) is 16.3. The summed E-state index contributed by atoms with van der Waals surface area (Å²) in [5.41, 5.74) is -0.235. The highest BCUT2D eigenvalue weighted by Gasteiger charge is 2.47. The number of nitrogens with one attached hydrogen (secondary N) is 1. The van der Waals surface area contributed by atoms with Crippen molar-refractivity contribution in [3.63, 3.8) is 0 Å². The number of aliphatic carboxylic acids is 1. The molecule has 4 aromatic rings. The van der Waals surface area contributed by atoms with Gasteiger partial charge in [-0.2, -0.15) is 0 Å². The molecule has 0 fully saturated rings. The van der Waals surface area contributed by atoms with E-state index in [1.807, 2.05) is 0 Å². The molecule has 0 bridgehead atoms. The maximum absolute atomic E-state index is 14.9. The monoisotopic (exact) mass is 466 g/mol. The van der Waals surface area contributed by atoms with Gasteiger partial charge in [-0.05, 0) is 36.4 Å². The number of carbonyl (C=O) groups is 2. The standard InChI is InChI=1S/C24H16F2N2O6/c25-15-4-3-11(23(30)31)8-12(15)10-28-17-9-16(26)13-5-7-34-21(13)19(17)18(20(28)24(32)33)14-2-1-6-27-22(14)29/h1-9,18,20H,10H2,(H,27,29)(H,30,31)(H,32,33). The molecule has 1 aliphatic heterocycles. The molecular formula is C24H16F2N2O6. The highest BCUT2D eigenvalue weighted by Crippen LogP contribution is 2.49. The number of H-pyrrole nitrogens is 1. The fourth-order valence-electron chi connectivity index (χ4n) is 4.60. The molecule has 0 saturated heterocycles. The quantitative estimate of drug-likeness (QED) is 0.410. The first-order valence-electron chi connectivity index (χ1n) is 10.2. The molecule has 1 aliphatic rings. The van der Waals surface area contributed by atoms with E-state index >= 15 is 0 Å². The van der Waals surface area contributed by atoms with Gasteiger partial charge in [-0.25, -0.2) is 18.4 Å². The van der Waals surface area contributed by atoms with Gasteiger partial charge in [0, 0.05) is 35.1 Å². The fraction of sp³-hybridized carbons (Fsp3) is 0.125. The van der Waals surface area contributed by atoms with Crippen LogP contribution in [0.25, 0.3) is 11.0 Å². The van der Waals surface area contributed by atoms with Crippen LogP contribution >= 0.6 is 0 Å². The number of rotatable bonds is 5. The Balaban J connectivity index is 1.77. The number of nitrogens with zero attached hydrogens (tertiary/aromatic N) is 1. The summed E-state index contributed by atoms with van der Waals surface area (Å²) in [5.74, 6) is -5.12. The van der Waals surface area contributed by atoms with Crippen molar-refractivity contribution in [3.05, 3.63) is 99.2 Å².